The van der Waals surface area contributed by atoms with E-state index in [2.05, 4.69) is 20.6 Å². The lowest BCUT2D eigenvalue weighted by Gasteiger charge is -2.27. The number of nitrogens with one attached hydrogen (secondary N) is 2. The highest BCUT2D eigenvalue weighted by atomic mass is 19.1. The minimum Gasteiger partial charge on any atom is -0.495 e. The summed E-state index contributed by atoms with van der Waals surface area (Å²) >= 11 is 0. The van der Waals surface area contributed by atoms with E-state index in [1.807, 2.05) is 0 Å². The van der Waals surface area contributed by atoms with Gasteiger partial charge in [0.2, 0.25) is 0 Å². The van der Waals surface area contributed by atoms with Gasteiger partial charge in [-0.05, 0) is 0 Å². The zero-order valence-electron chi connectivity index (χ0n) is 15.1. The number of methoxy groups -OCH3 is 1. The molecule has 0 spiro atoms. The van der Waals surface area contributed by atoms with Gasteiger partial charge in [0.1, 0.15) is 29.2 Å². The van der Waals surface area contributed by atoms with Gasteiger partial charge in [0, 0.05) is 49.9 Å². The van der Waals surface area contributed by atoms with Gasteiger partial charge in [-0.1, -0.05) is 0 Å². The Morgan fingerprint density at radius 1 is 1.30 bits per heavy atom. The summed E-state index contributed by atoms with van der Waals surface area (Å²) in [5, 5.41) is 5.02. The number of nitrogens with zero attached hydrogens (tertiary/aromatic N) is 2. The van der Waals surface area contributed by atoms with Crippen molar-refractivity contribution in [1.29, 1.82) is 0 Å². The number of carbonyl (C=O) groups excluding carboxylic acids is 1. The standard InChI is InChI=1S/C18H21FN4O4/c1-20-18(24)23-17-6-16(27-12-5-11(25-2)7-21-8-12)13(9-22-17)14-10-26-4-3-15(14)19/h5-9,14-15H,3-4,10H2,1-2H3,(H2,20,22,23,24)/t14-,15+/m1/s1. The Bertz CT molecular complexity index is 805. The van der Waals surface area contributed by atoms with Crippen LogP contribution in [-0.4, -0.2) is 49.5 Å². The van der Waals surface area contributed by atoms with Crippen molar-refractivity contribution < 1.29 is 23.4 Å². The van der Waals surface area contributed by atoms with Crippen molar-refractivity contribution in [2.75, 3.05) is 32.7 Å². The molecule has 0 saturated carbocycles. The highest BCUT2D eigenvalue weighted by molar-refractivity contribution is 5.88. The van der Waals surface area contributed by atoms with Crippen molar-refractivity contribution in [3.05, 3.63) is 36.3 Å². The second-order valence-corrected chi connectivity index (χ2v) is 5.96. The molecule has 3 heterocycles. The fourth-order valence-electron chi connectivity index (χ4n) is 2.75. The van der Waals surface area contributed by atoms with Crippen LogP contribution in [0.2, 0.25) is 0 Å². The smallest absolute Gasteiger partial charge is 0.320 e. The summed E-state index contributed by atoms with van der Waals surface area (Å²) in [5.41, 5.74) is 0.562. The van der Waals surface area contributed by atoms with Crippen molar-refractivity contribution >= 4 is 11.8 Å². The molecule has 144 valence electrons. The van der Waals surface area contributed by atoms with Crippen LogP contribution in [0.15, 0.2) is 30.7 Å². The predicted octanol–water partition coefficient (Wildman–Crippen LogP) is 2.87. The second kappa shape index (κ2) is 8.63. The number of hydrogen-bond acceptors (Lipinski definition) is 6. The largest absolute Gasteiger partial charge is 0.495 e. The maximum Gasteiger partial charge on any atom is 0.320 e. The van der Waals surface area contributed by atoms with E-state index >= 15 is 0 Å². The summed E-state index contributed by atoms with van der Waals surface area (Å²) in [6, 6.07) is 2.78. The lowest BCUT2D eigenvalue weighted by atomic mass is 9.92. The molecule has 0 radical (unpaired) electrons. The van der Waals surface area contributed by atoms with Gasteiger partial charge < -0.3 is 19.5 Å². The van der Waals surface area contributed by atoms with Crippen molar-refractivity contribution in [2.24, 2.45) is 0 Å². The van der Waals surface area contributed by atoms with Gasteiger partial charge in [-0.25, -0.2) is 14.2 Å². The lowest BCUT2D eigenvalue weighted by molar-refractivity contribution is 0.0310. The van der Waals surface area contributed by atoms with E-state index in [4.69, 9.17) is 14.2 Å². The van der Waals surface area contributed by atoms with Crippen molar-refractivity contribution in [1.82, 2.24) is 15.3 Å². The molecule has 27 heavy (non-hydrogen) atoms. The molecule has 8 nitrogen and oxygen atoms in total. The third kappa shape index (κ3) is 4.62. The van der Waals surface area contributed by atoms with E-state index in [1.54, 1.807) is 18.3 Å². The van der Waals surface area contributed by atoms with Gasteiger partial charge in [0.15, 0.2) is 0 Å². The number of ether oxygens (including phenoxy) is 3. The molecule has 1 aliphatic heterocycles. The van der Waals surface area contributed by atoms with E-state index in [0.29, 0.717) is 35.8 Å². The van der Waals surface area contributed by atoms with Crippen LogP contribution in [0.3, 0.4) is 0 Å². The lowest BCUT2D eigenvalue weighted by Crippen LogP contribution is -2.28. The molecule has 1 aliphatic rings. The number of hydrogen-bond donors (Lipinski definition) is 2. The average Bonchev–Trinajstić information content (AvgIpc) is 2.69. The van der Waals surface area contributed by atoms with Gasteiger partial charge in [0.05, 0.1) is 26.1 Å². The third-order valence-electron chi connectivity index (χ3n) is 4.19. The molecule has 2 aromatic rings. The Morgan fingerprint density at radius 2 is 2.11 bits per heavy atom. The minimum atomic E-state index is -1.07. The Kier molecular flexibility index (Phi) is 6.02. The zero-order valence-corrected chi connectivity index (χ0v) is 15.1. The highest BCUT2D eigenvalue weighted by Crippen LogP contribution is 2.37. The van der Waals surface area contributed by atoms with Gasteiger partial charge >= 0.3 is 6.03 Å². The number of halogens is 1. The van der Waals surface area contributed by atoms with Crippen LogP contribution in [0.25, 0.3) is 0 Å². The summed E-state index contributed by atoms with van der Waals surface area (Å²) in [4.78, 5) is 19.8. The molecule has 2 aromatic heterocycles. The first kappa shape index (κ1) is 18.8. The molecule has 9 heteroatoms. The zero-order chi connectivity index (χ0) is 19.2. The fraction of sp³-hybridized carbons (Fsp3) is 0.389. The topological polar surface area (TPSA) is 94.6 Å². The number of carbonyl (C=O) groups is 1. The molecule has 3 rings (SSSR count). The number of alkyl halides is 1. The van der Waals surface area contributed by atoms with E-state index in [0.717, 1.165) is 0 Å². The number of aromatic nitrogens is 2. The summed E-state index contributed by atoms with van der Waals surface area (Å²) < 4.78 is 31.0. The maximum absolute atomic E-state index is 14.5. The van der Waals surface area contributed by atoms with Crippen molar-refractivity contribution in [2.45, 2.75) is 18.5 Å². The quantitative estimate of drug-likeness (QED) is 0.833. The first-order valence-corrected chi connectivity index (χ1v) is 8.48. The Morgan fingerprint density at radius 3 is 2.85 bits per heavy atom. The number of urea groups is 1. The molecule has 1 saturated heterocycles. The molecule has 2 atom stereocenters. The van der Waals surface area contributed by atoms with Gasteiger partial charge in [-0.15, -0.1) is 0 Å². The first-order chi connectivity index (χ1) is 13.1. The van der Waals surface area contributed by atoms with Crippen LogP contribution >= 0.6 is 0 Å². The number of amides is 2. The Labute approximate surface area is 156 Å². The second-order valence-electron chi connectivity index (χ2n) is 5.96. The van der Waals surface area contributed by atoms with Gasteiger partial charge in [-0.3, -0.25) is 10.3 Å². The van der Waals surface area contributed by atoms with Crippen LogP contribution in [-0.2, 0) is 4.74 Å². The molecular formula is C18H21FN4O4. The van der Waals surface area contributed by atoms with Crippen LogP contribution in [0.4, 0.5) is 15.0 Å². The van der Waals surface area contributed by atoms with Crippen molar-refractivity contribution in [3.63, 3.8) is 0 Å². The third-order valence-corrected chi connectivity index (χ3v) is 4.19. The highest BCUT2D eigenvalue weighted by Gasteiger charge is 2.30. The minimum absolute atomic E-state index is 0.234. The molecule has 1 fully saturated rings. The number of pyridine rings is 2. The van der Waals surface area contributed by atoms with Crippen LogP contribution < -0.4 is 20.1 Å². The maximum atomic E-state index is 14.5. The van der Waals surface area contributed by atoms with E-state index in [1.165, 1.54) is 26.6 Å². The summed E-state index contributed by atoms with van der Waals surface area (Å²) in [7, 11) is 3.02. The molecular weight excluding hydrogens is 355 g/mol. The first-order valence-electron chi connectivity index (χ1n) is 8.48. The Balaban J connectivity index is 1.95. The van der Waals surface area contributed by atoms with Crippen LogP contribution in [0, 0.1) is 0 Å². The van der Waals surface area contributed by atoms with E-state index in [9.17, 15) is 9.18 Å². The molecule has 2 amide bonds. The van der Waals surface area contributed by atoms with E-state index in [-0.39, 0.29) is 12.4 Å². The monoisotopic (exact) mass is 376 g/mol. The van der Waals surface area contributed by atoms with Crippen LogP contribution in [0.1, 0.15) is 17.9 Å². The molecule has 0 aromatic carbocycles. The summed E-state index contributed by atoms with van der Waals surface area (Å²) in [6.07, 6.45) is 3.81. The molecule has 0 aliphatic carbocycles. The normalized spacial score (nSPS) is 19.2. The van der Waals surface area contributed by atoms with Crippen LogP contribution in [0.5, 0.6) is 17.2 Å². The SMILES string of the molecule is CNC(=O)Nc1cc(Oc2cncc(OC)c2)c([C@H]2COCC[C@@H]2F)cn1. The predicted molar refractivity (Wildman–Crippen MR) is 96.3 cm³/mol. The molecule has 0 unspecified atom stereocenters. The Hall–Kier alpha value is -2.94. The summed E-state index contributed by atoms with van der Waals surface area (Å²) in [5.74, 6) is 1.07. The van der Waals surface area contributed by atoms with Crippen molar-refractivity contribution in [3.8, 4) is 17.2 Å². The number of rotatable bonds is 5. The van der Waals surface area contributed by atoms with E-state index < -0.39 is 18.1 Å². The van der Waals surface area contributed by atoms with Gasteiger partial charge in [-0.2, -0.15) is 0 Å². The number of anilines is 1. The molecule has 0 bridgehead atoms. The average molecular weight is 376 g/mol. The summed E-state index contributed by atoms with van der Waals surface area (Å²) in [6.45, 7) is 0.620. The van der Waals surface area contributed by atoms with Gasteiger partial charge in [0.25, 0.3) is 0 Å². The fourth-order valence-corrected chi connectivity index (χ4v) is 2.75. The molecule has 2 N–H and O–H groups in total.